The van der Waals surface area contributed by atoms with Gasteiger partial charge in [0.2, 0.25) is 0 Å². The lowest BCUT2D eigenvalue weighted by atomic mass is 10.1. The molecular formula is C24H28N2O7. The van der Waals surface area contributed by atoms with E-state index in [9.17, 15) is 14.7 Å². The maximum absolute atomic E-state index is 11.2. The van der Waals surface area contributed by atoms with E-state index in [1.54, 1.807) is 25.3 Å². The van der Waals surface area contributed by atoms with Crippen LogP contribution in [0, 0.1) is 0 Å². The lowest BCUT2D eigenvalue weighted by molar-refractivity contribution is -0.150. The number of rotatable bonds is 13. The summed E-state index contributed by atoms with van der Waals surface area (Å²) in [5.41, 5.74) is 8.19. The summed E-state index contributed by atoms with van der Waals surface area (Å²) in [6.45, 7) is 2.73. The van der Waals surface area contributed by atoms with Crippen LogP contribution in [0.4, 0.5) is 0 Å². The molecule has 1 heterocycles. The zero-order chi connectivity index (χ0) is 23.8. The molecule has 33 heavy (non-hydrogen) atoms. The van der Waals surface area contributed by atoms with Crippen molar-refractivity contribution in [3.63, 3.8) is 0 Å². The number of ether oxygens (including phenoxy) is 3. The molecule has 0 aliphatic carbocycles. The Morgan fingerprint density at radius 2 is 1.64 bits per heavy atom. The summed E-state index contributed by atoms with van der Waals surface area (Å²) in [7, 11) is 0. The Labute approximate surface area is 191 Å². The van der Waals surface area contributed by atoms with Crippen LogP contribution in [0.5, 0.6) is 11.5 Å². The first-order valence-electron chi connectivity index (χ1n) is 10.6. The van der Waals surface area contributed by atoms with Crippen molar-refractivity contribution in [1.82, 2.24) is 4.98 Å². The number of fused-ring (bicyclic) bond motifs is 1. The number of hydrogen-bond donors (Lipinski definition) is 4. The number of benzene rings is 2. The number of carboxylic acid groups (broad SMARTS) is 2. The van der Waals surface area contributed by atoms with Gasteiger partial charge in [-0.3, -0.25) is 4.79 Å². The standard InChI is InChI=1S/C24H28N2O7/c1-2-31-22(24(29)30)11-15-3-5-17(6-4-15)32-9-10-33-18-7-8-21-19(13-18)16(14-26-21)12-20(25)23(27)28/h3-8,13-14,20,22,26H,2,9-12,25H2,1H3,(H,27,28)(H,29,30). The van der Waals surface area contributed by atoms with Crippen LogP contribution in [0.1, 0.15) is 18.1 Å². The van der Waals surface area contributed by atoms with E-state index < -0.39 is 24.1 Å². The van der Waals surface area contributed by atoms with Crippen LogP contribution in [0.2, 0.25) is 0 Å². The summed E-state index contributed by atoms with van der Waals surface area (Å²) in [6.07, 6.45) is 1.40. The molecule has 176 valence electrons. The van der Waals surface area contributed by atoms with E-state index >= 15 is 0 Å². The van der Waals surface area contributed by atoms with E-state index in [1.807, 2.05) is 30.3 Å². The van der Waals surface area contributed by atoms with Crippen LogP contribution < -0.4 is 15.2 Å². The largest absolute Gasteiger partial charge is 0.490 e. The van der Waals surface area contributed by atoms with Gasteiger partial charge < -0.3 is 35.1 Å². The van der Waals surface area contributed by atoms with E-state index in [-0.39, 0.29) is 12.8 Å². The molecule has 3 rings (SSSR count). The quantitative estimate of drug-likeness (QED) is 0.287. The number of aromatic nitrogens is 1. The van der Waals surface area contributed by atoms with Gasteiger partial charge in [-0.25, -0.2) is 4.79 Å². The number of aromatic amines is 1. The minimum atomic E-state index is -1.04. The average Bonchev–Trinajstić information content (AvgIpc) is 3.19. The molecule has 2 aromatic carbocycles. The molecule has 0 amide bonds. The summed E-state index contributed by atoms with van der Waals surface area (Å²) in [6, 6.07) is 11.8. The molecule has 2 unspecified atom stereocenters. The normalized spacial score (nSPS) is 12.9. The third-order valence-electron chi connectivity index (χ3n) is 5.10. The maximum atomic E-state index is 11.2. The first-order chi connectivity index (χ1) is 15.9. The van der Waals surface area contributed by atoms with Gasteiger partial charge in [-0.1, -0.05) is 12.1 Å². The van der Waals surface area contributed by atoms with Gasteiger partial charge in [0.25, 0.3) is 0 Å². The van der Waals surface area contributed by atoms with Gasteiger partial charge in [-0.05, 0) is 48.4 Å². The van der Waals surface area contributed by atoms with E-state index in [1.165, 1.54) is 0 Å². The Balaban J connectivity index is 1.50. The second-order valence-corrected chi connectivity index (χ2v) is 7.50. The molecule has 9 nitrogen and oxygen atoms in total. The second kappa shape index (κ2) is 11.3. The molecule has 0 spiro atoms. The zero-order valence-electron chi connectivity index (χ0n) is 18.3. The summed E-state index contributed by atoms with van der Waals surface area (Å²) >= 11 is 0. The Kier molecular flexibility index (Phi) is 8.28. The van der Waals surface area contributed by atoms with Crippen LogP contribution in [-0.4, -0.2) is 59.1 Å². The minimum Gasteiger partial charge on any atom is -0.490 e. The van der Waals surface area contributed by atoms with Crippen molar-refractivity contribution < 1.29 is 34.0 Å². The monoisotopic (exact) mass is 456 g/mol. The Morgan fingerprint density at radius 1 is 0.970 bits per heavy atom. The minimum absolute atomic E-state index is 0.218. The highest BCUT2D eigenvalue weighted by Crippen LogP contribution is 2.25. The predicted molar refractivity (Wildman–Crippen MR) is 122 cm³/mol. The first kappa shape index (κ1) is 24.1. The molecule has 0 aliphatic rings. The highest BCUT2D eigenvalue weighted by atomic mass is 16.5. The lowest BCUT2D eigenvalue weighted by Gasteiger charge is -2.13. The summed E-state index contributed by atoms with van der Waals surface area (Å²) in [5.74, 6) is -0.736. The van der Waals surface area contributed by atoms with E-state index in [0.29, 0.717) is 31.3 Å². The molecule has 0 radical (unpaired) electrons. The van der Waals surface area contributed by atoms with Crippen LogP contribution in [0.3, 0.4) is 0 Å². The van der Waals surface area contributed by atoms with Crippen molar-refractivity contribution in [2.45, 2.75) is 31.9 Å². The van der Waals surface area contributed by atoms with Gasteiger partial charge in [0.1, 0.15) is 30.8 Å². The third-order valence-corrected chi connectivity index (χ3v) is 5.10. The van der Waals surface area contributed by atoms with Gasteiger partial charge in [0.15, 0.2) is 6.10 Å². The van der Waals surface area contributed by atoms with Crippen molar-refractivity contribution in [2.24, 2.45) is 5.73 Å². The lowest BCUT2D eigenvalue weighted by Crippen LogP contribution is -2.32. The molecule has 5 N–H and O–H groups in total. The molecule has 3 aromatic rings. The molecule has 2 atom stereocenters. The van der Waals surface area contributed by atoms with Crippen molar-refractivity contribution in [1.29, 1.82) is 0 Å². The maximum Gasteiger partial charge on any atom is 0.333 e. The number of hydrogen-bond acceptors (Lipinski definition) is 6. The molecule has 0 aliphatic heterocycles. The van der Waals surface area contributed by atoms with Gasteiger partial charge in [-0.15, -0.1) is 0 Å². The smallest absolute Gasteiger partial charge is 0.333 e. The Morgan fingerprint density at radius 3 is 2.27 bits per heavy atom. The fraction of sp³-hybridized carbons (Fsp3) is 0.333. The van der Waals surface area contributed by atoms with Crippen molar-refractivity contribution >= 4 is 22.8 Å². The summed E-state index contributed by atoms with van der Waals surface area (Å²) < 4.78 is 16.7. The molecule has 0 saturated carbocycles. The number of nitrogens with two attached hydrogens (primary N) is 1. The summed E-state index contributed by atoms with van der Waals surface area (Å²) in [5, 5.41) is 19.1. The van der Waals surface area contributed by atoms with Gasteiger partial charge in [0, 0.05) is 36.5 Å². The van der Waals surface area contributed by atoms with Gasteiger partial charge in [0.05, 0.1) is 0 Å². The van der Waals surface area contributed by atoms with Gasteiger partial charge in [-0.2, -0.15) is 0 Å². The Hall–Kier alpha value is -3.56. The number of carboxylic acids is 2. The van der Waals surface area contributed by atoms with Gasteiger partial charge >= 0.3 is 11.9 Å². The molecule has 0 saturated heterocycles. The molecule has 0 bridgehead atoms. The first-order valence-corrected chi connectivity index (χ1v) is 10.6. The van der Waals surface area contributed by atoms with Crippen LogP contribution in [0.15, 0.2) is 48.7 Å². The van der Waals surface area contributed by atoms with E-state index in [4.69, 9.17) is 25.1 Å². The average molecular weight is 456 g/mol. The SMILES string of the molecule is CCOC(Cc1ccc(OCCOc2ccc3[nH]cc(CC(N)C(=O)O)c3c2)cc1)C(=O)O. The predicted octanol–water partition coefficient (Wildman–Crippen LogP) is 2.61. The van der Waals surface area contributed by atoms with Crippen LogP contribution >= 0.6 is 0 Å². The van der Waals surface area contributed by atoms with Crippen molar-refractivity contribution in [3.05, 3.63) is 59.8 Å². The summed E-state index contributed by atoms with van der Waals surface area (Å²) in [4.78, 5) is 25.4. The topological polar surface area (TPSA) is 144 Å². The second-order valence-electron chi connectivity index (χ2n) is 7.50. The number of H-pyrrole nitrogens is 1. The molecule has 9 heteroatoms. The number of carbonyl (C=O) groups is 2. The molecular weight excluding hydrogens is 428 g/mol. The van der Waals surface area contributed by atoms with Crippen molar-refractivity contribution in [3.8, 4) is 11.5 Å². The highest BCUT2D eigenvalue weighted by Gasteiger charge is 2.18. The number of aliphatic carboxylic acids is 2. The zero-order valence-corrected chi connectivity index (χ0v) is 18.3. The third kappa shape index (κ3) is 6.71. The van der Waals surface area contributed by atoms with E-state index in [2.05, 4.69) is 4.98 Å². The molecule has 0 fully saturated rings. The fourth-order valence-corrected chi connectivity index (χ4v) is 3.41. The Bertz CT molecular complexity index is 1080. The number of nitrogens with one attached hydrogen (secondary N) is 1. The molecule has 1 aromatic heterocycles. The van der Waals surface area contributed by atoms with Crippen molar-refractivity contribution in [2.75, 3.05) is 19.8 Å². The van der Waals surface area contributed by atoms with Crippen LogP contribution in [-0.2, 0) is 27.2 Å². The fourth-order valence-electron chi connectivity index (χ4n) is 3.41. The van der Waals surface area contributed by atoms with Crippen LogP contribution in [0.25, 0.3) is 10.9 Å². The van der Waals surface area contributed by atoms with E-state index in [0.717, 1.165) is 22.0 Å². The highest BCUT2D eigenvalue weighted by molar-refractivity contribution is 5.85.